The van der Waals surface area contributed by atoms with Crippen molar-refractivity contribution >= 4 is 0 Å². The molecule has 1 aromatic rings. The van der Waals surface area contributed by atoms with Crippen molar-refractivity contribution in [2.24, 2.45) is 11.7 Å². The second-order valence-electron chi connectivity index (χ2n) is 4.65. The average molecular weight is 257 g/mol. The number of benzene rings is 1. The van der Waals surface area contributed by atoms with Gasteiger partial charge in [0.05, 0.1) is 7.11 Å². The van der Waals surface area contributed by atoms with E-state index in [9.17, 15) is 8.78 Å². The van der Waals surface area contributed by atoms with Crippen molar-refractivity contribution in [3.8, 4) is 11.5 Å². The first-order valence-corrected chi connectivity index (χ1v) is 5.91. The molecule has 18 heavy (non-hydrogen) atoms. The smallest absolute Gasteiger partial charge is 0.387 e. The van der Waals surface area contributed by atoms with Gasteiger partial charge in [-0.15, -0.1) is 0 Å². The summed E-state index contributed by atoms with van der Waals surface area (Å²) in [4.78, 5) is 0. The number of hydrogen-bond donors (Lipinski definition) is 1. The first-order chi connectivity index (χ1) is 8.52. The fourth-order valence-electron chi connectivity index (χ4n) is 2.29. The first kappa shape index (κ1) is 13.1. The monoisotopic (exact) mass is 257 g/mol. The lowest BCUT2D eigenvalue weighted by atomic mass is 10.1. The van der Waals surface area contributed by atoms with E-state index in [2.05, 4.69) is 4.74 Å². The number of methoxy groups -OCH3 is 1. The number of alkyl halides is 2. The summed E-state index contributed by atoms with van der Waals surface area (Å²) in [5, 5.41) is 0. The van der Waals surface area contributed by atoms with Gasteiger partial charge < -0.3 is 15.2 Å². The Kier molecular flexibility index (Phi) is 3.71. The SMILES string of the molecule is COc1ccc(C2CC2C(C)N)cc1OC(F)F. The van der Waals surface area contributed by atoms with Crippen molar-refractivity contribution in [1.82, 2.24) is 0 Å². The van der Waals surface area contributed by atoms with Gasteiger partial charge in [-0.05, 0) is 42.9 Å². The van der Waals surface area contributed by atoms with Gasteiger partial charge in [-0.3, -0.25) is 0 Å². The molecule has 3 atom stereocenters. The highest BCUT2D eigenvalue weighted by molar-refractivity contribution is 5.45. The summed E-state index contributed by atoms with van der Waals surface area (Å²) in [5.41, 5.74) is 6.80. The molecule has 3 unspecified atom stereocenters. The van der Waals surface area contributed by atoms with Crippen LogP contribution in [0.2, 0.25) is 0 Å². The molecule has 0 aromatic heterocycles. The molecule has 0 bridgehead atoms. The van der Waals surface area contributed by atoms with Crippen LogP contribution in [0.25, 0.3) is 0 Å². The fraction of sp³-hybridized carbons (Fsp3) is 0.538. The van der Waals surface area contributed by atoms with E-state index in [0.717, 1.165) is 12.0 Å². The average Bonchev–Trinajstić information content (AvgIpc) is 3.08. The van der Waals surface area contributed by atoms with Crippen LogP contribution in [0.1, 0.15) is 24.8 Å². The van der Waals surface area contributed by atoms with Crippen LogP contribution in [0.15, 0.2) is 18.2 Å². The van der Waals surface area contributed by atoms with Gasteiger partial charge in [0.1, 0.15) is 0 Å². The van der Waals surface area contributed by atoms with Crippen LogP contribution in [0.3, 0.4) is 0 Å². The third-order valence-corrected chi connectivity index (χ3v) is 3.35. The Morgan fingerprint density at radius 1 is 1.33 bits per heavy atom. The third kappa shape index (κ3) is 2.72. The number of halogens is 2. The van der Waals surface area contributed by atoms with Gasteiger partial charge in [0.15, 0.2) is 11.5 Å². The van der Waals surface area contributed by atoms with Crippen LogP contribution < -0.4 is 15.2 Å². The molecule has 1 aromatic carbocycles. The Morgan fingerprint density at radius 3 is 2.56 bits per heavy atom. The van der Waals surface area contributed by atoms with Crippen molar-refractivity contribution in [1.29, 1.82) is 0 Å². The van der Waals surface area contributed by atoms with Crippen molar-refractivity contribution in [2.45, 2.75) is 31.9 Å². The number of rotatable bonds is 5. The second-order valence-corrected chi connectivity index (χ2v) is 4.65. The second kappa shape index (κ2) is 5.10. The Labute approximate surface area is 105 Å². The molecule has 1 aliphatic rings. The lowest BCUT2D eigenvalue weighted by Crippen LogP contribution is -2.17. The minimum absolute atomic E-state index is 0.0836. The van der Waals surface area contributed by atoms with Gasteiger partial charge >= 0.3 is 6.61 Å². The Morgan fingerprint density at radius 2 is 2.06 bits per heavy atom. The molecule has 0 aliphatic heterocycles. The van der Waals surface area contributed by atoms with E-state index in [1.807, 2.05) is 13.0 Å². The molecule has 5 heteroatoms. The van der Waals surface area contributed by atoms with E-state index < -0.39 is 6.61 Å². The summed E-state index contributed by atoms with van der Waals surface area (Å²) in [6, 6.07) is 5.28. The standard InChI is InChI=1S/C13H17F2NO2/c1-7(16)9-6-10(9)8-3-4-11(17-2)12(5-8)18-13(14)15/h3-5,7,9-10,13H,6,16H2,1-2H3. The van der Waals surface area contributed by atoms with E-state index in [1.54, 1.807) is 12.1 Å². The predicted octanol–water partition coefficient (Wildman–Crippen LogP) is 2.75. The zero-order valence-electron chi connectivity index (χ0n) is 10.4. The maximum absolute atomic E-state index is 12.3. The van der Waals surface area contributed by atoms with Gasteiger partial charge in [0, 0.05) is 6.04 Å². The van der Waals surface area contributed by atoms with Gasteiger partial charge in [-0.1, -0.05) is 6.07 Å². The zero-order chi connectivity index (χ0) is 13.3. The molecular formula is C13H17F2NO2. The van der Waals surface area contributed by atoms with Crippen LogP contribution in [0.4, 0.5) is 8.78 Å². The van der Waals surface area contributed by atoms with Crippen LogP contribution in [0, 0.1) is 5.92 Å². The molecule has 1 aliphatic carbocycles. The largest absolute Gasteiger partial charge is 0.493 e. The summed E-state index contributed by atoms with van der Waals surface area (Å²) in [7, 11) is 1.43. The number of ether oxygens (including phenoxy) is 2. The maximum Gasteiger partial charge on any atom is 0.387 e. The summed E-state index contributed by atoms with van der Waals surface area (Å²) in [6.45, 7) is -0.886. The highest BCUT2D eigenvalue weighted by atomic mass is 19.3. The van der Waals surface area contributed by atoms with E-state index in [0.29, 0.717) is 17.6 Å². The predicted molar refractivity (Wildman–Crippen MR) is 64.1 cm³/mol. The molecule has 0 amide bonds. The number of hydrogen-bond acceptors (Lipinski definition) is 3. The highest BCUT2D eigenvalue weighted by Gasteiger charge is 2.41. The van der Waals surface area contributed by atoms with E-state index in [1.165, 1.54) is 7.11 Å². The molecule has 1 saturated carbocycles. The molecule has 100 valence electrons. The Balaban J connectivity index is 2.18. The Hall–Kier alpha value is -1.36. The molecule has 0 radical (unpaired) electrons. The number of nitrogens with two attached hydrogens (primary N) is 1. The summed E-state index contributed by atoms with van der Waals surface area (Å²) in [6.07, 6.45) is 0.998. The minimum Gasteiger partial charge on any atom is -0.493 e. The molecular weight excluding hydrogens is 240 g/mol. The molecule has 3 nitrogen and oxygen atoms in total. The van der Waals surface area contributed by atoms with Crippen molar-refractivity contribution < 1.29 is 18.3 Å². The van der Waals surface area contributed by atoms with Crippen LogP contribution in [-0.4, -0.2) is 19.8 Å². The van der Waals surface area contributed by atoms with E-state index in [-0.39, 0.29) is 11.8 Å². The van der Waals surface area contributed by atoms with Crippen molar-refractivity contribution in [2.75, 3.05) is 7.11 Å². The minimum atomic E-state index is -2.85. The normalized spacial score (nSPS) is 23.9. The van der Waals surface area contributed by atoms with Gasteiger partial charge in [0.25, 0.3) is 0 Å². The molecule has 2 N–H and O–H groups in total. The Bertz CT molecular complexity index is 423. The zero-order valence-corrected chi connectivity index (χ0v) is 10.4. The summed E-state index contributed by atoms with van der Waals surface area (Å²) in [5.74, 6) is 1.17. The van der Waals surface area contributed by atoms with Gasteiger partial charge in [-0.25, -0.2) is 0 Å². The lowest BCUT2D eigenvalue weighted by Gasteiger charge is -2.12. The van der Waals surface area contributed by atoms with Crippen molar-refractivity contribution in [3.05, 3.63) is 23.8 Å². The van der Waals surface area contributed by atoms with Crippen LogP contribution >= 0.6 is 0 Å². The van der Waals surface area contributed by atoms with Crippen molar-refractivity contribution in [3.63, 3.8) is 0 Å². The quantitative estimate of drug-likeness (QED) is 0.882. The van der Waals surface area contributed by atoms with Gasteiger partial charge in [0.2, 0.25) is 0 Å². The molecule has 2 rings (SSSR count). The summed E-state index contributed by atoms with van der Waals surface area (Å²) >= 11 is 0. The molecule has 0 spiro atoms. The topological polar surface area (TPSA) is 44.5 Å². The highest BCUT2D eigenvalue weighted by Crippen LogP contribution is 2.50. The summed E-state index contributed by atoms with van der Waals surface area (Å²) < 4.78 is 34.0. The lowest BCUT2D eigenvalue weighted by molar-refractivity contribution is -0.0512. The van der Waals surface area contributed by atoms with Crippen LogP contribution in [0.5, 0.6) is 11.5 Å². The molecule has 0 saturated heterocycles. The third-order valence-electron chi connectivity index (χ3n) is 3.35. The van der Waals surface area contributed by atoms with E-state index in [4.69, 9.17) is 10.5 Å². The molecule has 0 heterocycles. The molecule has 1 fully saturated rings. The fourth-order valence-corrected chi connectivity index (χ4v) is 2.29. The first-order valence-electron chi connectivity index (χ1n) is 5.91. The van der Waals surface area contributed by atoms with Gasteiger partial charge in [-0.2, -0.15) is 8.78 Å². The maximum atomic E-state index is 12.3. The van der Waals surface area contributed by atoms with Crippen LogP contribution in [-0.2, 0) is 0 Å². The van der Waals surface area contributed by atoms with E-state index >= 15 is 0 Å².